The maximum Gasteiger partial charge on any atom is 0.445 e. The van der Waals surface area contributed by atoms with Crippen LogP contribution >= 0.6 is 22.9 Å². The van der Waals surface area contributed by atoms with Crippen LogP contribution in [0.3, 0.4) is 0 Å². The molecule has 13 heteroatoms. The number of nitrogens with zero attached hydrogens (tertiary/aromatic N) is 4. The maximum absolute atomic E-state index is 12.5. The topological polar surface area (TPSA) is 87.7 Å². The van der Waals surface area contributed by atoms with E-state index in [4.69, 9.17) is 16.3 Å². The van der Waals surface area contributed by atoms with Crippen LogP contribution in [0.2, 0.25) is 5.02 Å². The van der Waals surface area contributed by atoms with Gasteiger partial charge in [0, 0.05) is 44.0 Å². The van der Waals surface area contributed by atoms with Gasteiger partial charge in [-0.05, 0) is 24.3 Å². The van der Waals surface area contributed by atoms with Gasteiger partial charge in [0.25, 0.3) is 0 Å². The second-order valence-corrected chi connectivity index (χ2v) is 8.10. The Balaban J connectivity index is 1.35. The van der Waals surface area contributed by atoms with Gasteiger partial charge in [-0.2, -0.15) is 13.2 Å². The molecule has 0 aliphatic carbocycles. The Morgan fingerprint density at radius 2 is 1.77 bits per heavy atom. The minimum Gasteiger partial charge on any atom is -0.478 e. The molecule has 3 rings (SSSR count). The molecule has 0 saturated carbocycles. The SMILES string of the molecule is O=C(CCC(=O)N1CCN(COc2ccc(Cl)cc2)CC1)Nc1nnc(C(F)(F)F)s1. The number of alkyl halides is 3. The molecule has 1 aliphatic heterocycles. The summed E-state index contributed by atoms with van der Waals surface area (Å²) in [5.74, 6) is -0.0819. The molecule has 1 N–H and O–H groups in total. The van der Waals surface area contributed by atoms with Crippen LogP contribution in [-0.4, -0.2) is 64.7 Å². The van der Waals surface area contributed by atoms with Crippen molar-refractivity contribution >= 4 is 39.9 Å². The van der Waals surface area contributed by atoms with Crippen LogP contribution in [0.15, 0.2) is 24.3 Å². The summed E-state index contributed by atoms with van der Waals surface area (Å²) in [7, 11) is 0. The van der Waals surface area contributed by atoms with Crippen molar-refractivity contribution in [3.63, 3.8) is 0 Å². The predicted molar refractivity (Wildman–Crippen MR) is 108 cm³/mol. The van der Waals surface area contributed by atoms with Crippen LogP contribution in [0.25, 0.3) is 0 Å². The first-order chi connectivity index (χ1) is 14.7. The van der Waals surface area contributed by atoms with Crippen LogP contribution in [0, 0.1) is 0 Å². The Bertz CT molecular complexity index is 902. The maximum atomic E-state index is 12.5. The first kappa shape index (κ1) is 23.2. The molecule has 31 heavy (non-hydrogen) atoms. The van der Waals surface area contributed by atoms with E-state index in [0.717, 1.165) is 0 Å². The number of carbonyl (C=O) groups is 2. The number of anilines is 1. The van der Waals surface area contributed by atoms with Crippen molar-refractivity contribution in [1.82, 2.24) is 20.0 Å². The fourth-order valence-electron chi connectivity index (χ4n) is 2.77. The third kappa shape index (κ3) is 7.04. The van der Waals surface area contributed by atoms with Gasteiger partial charge in [0.1, 0.15) is 12.5 Å². The Morgan fingerprint density at radius 1 is 1.10 bits per heavy atom. The van der Waals surface area contributed by atoms with Crippen molar-refractivity contribution in [3.05, 3.63) is 34.3 Å². The van der Waals surface area contributed by atoms with Gasteiger partial charge in [0.15, 0.2) is 0 Å². The molecule has 0 unspecified atom stereocenters. The van der Waals surface area contributed by atoms with Crippen molar-refractivity contribution in [2.75, 3.05) is 38.2 Å². The quantitative estimate of drug-likeness (QED) is 0.659. The van der Waals surface area contributed by atoms with Crippen molar-refractivity contribution < 1.29 is 27.5 Å². The summed E-state index contributed by atoms with van der Waals surface area (Å²) < 4.78 is 43.2. The molecule has 2 amide bonds. The molecular weight excluding hydrogens is 459 g/mol. The Labute approximate surface area is 184 Å². The number of rotatable bonds is 7. The lowest BCUT2D eigenvalue weighted by molar-refractivity contribution is -0.138. The van der Waals surface area contributed by atoms with E-state index in [1.54, 1.807) is 29.2 Å². The van der Waals surface area contributed by atoms with Gasteiger partial charge in [-0.25, -0.2) is 0 Å². The van der Waals surface area contributed by atoms with Gasteiger partial charge in [-0.15, -0.1) is 10.2 Å². The van der Waals surface area contributed by atoms with Gasteiger partial charge >= 0.3 is 6.18 Å². The zero-order valence-corrected chi connectivity index (χ0v) is 17.8. The van der Waals surface area contributed by atoms with Crippen LogP contribution in [0.4, 0.5) is 18.3 Å². The monoisotopic (exact) mass is 477 g/mol. The Hall–Kier alpha value is -2.44. The van der Waals surface area contributed by atoms with Crippen molar-refractivity contribution in [2.24, 2.45) is 0 Å². The Kier molecular flexibility index (Phi) is 7.68. The third-order valence-corrected chi connectivity index (χ3v) is 5.57. The van der Waals surface area contributed by atoms with Gasteiger partial charge in [-0.3, -0.25) is 14.5 Å². The number of ether oxygens (including phenoxy) is 1. The molecule has 1 fully saturated rings. The molecule has 8 nitrogen and oxygen atoms in total. The molecule has 0 spiro atoms. The third-order valence-electron chi connectivity index (χ3n) is 4.43. The number of carbonyl (C=O) groups excluding carboxylic acids is 2. The van der Waals surface area contributed by atoms with Crippen molar-refractivity contribution in [3.8, 4) is 5.75 Å². The average molecular weight is 478 g/mol. The first-order valence-electron chi connectivity index (χ1n) is 9.30. The molecule has 2 heterocycles. The highest BCUT2D eigenvalue weighted by molar-refractivity contribution is 7.15. The molecule has 0 atom stereocenters. The van der Waals surface area contributed by atoms with Crippen molar-refractivity contribution in [2.45, 2.75) is 19.0 Å². The number of piperazine rings is 1. The molecule has 168 valence electrons. The van der Waals surface area contributed by atoms with Crippen LogP contribution in [0.1, 0.15) is 17.8 Å². The lowest BCUT2D eigenvalue weighted by Gasteiger charge is -2.34. The highest BCUT2D eigenvalue weighted by Gasteiger charge is 2.35. The van der Waals surface area contributed by atoms with E-state index in [1.807, 2.05) is 0 Å². The lowest BCUT2D eigenvalue weighted by atomic mass is 10.2. The highest BCUT2D eigenvalue weighted by Crippen LogP contribution is 2.33. The van der Waals surface area contributed by atoms with Gasteiger partial charge in [0.05, 0.1) is 0 Å². The summed E-state index contributed by atoms with van der Waals surface area (Å²) in [6.45, 7) is 2.62. The normalized spacial score (nSPS) is 15.0. The van der Waals surface area contributed by atoms with E-state index < -0.39 is 17.1 Å². The largest absolute Gasteiger partial charge is 0.478 e. The van der Waals surface area contributed by atoms with E-state index in [-0.39, 0.29) is 35.2 Å². The summed E-state index contributed by atoms with van der Waals surface area (Å²) in [5, 5.41) is 7.75. The molecule has 1 aliphatic rings. The number of hydrogen-bond donors (Lipinski definition) is 1. The van der Waals surface area contributed by atoms with E-state index in [0.29, 0.717) is 43.7 Å². The number of nitrogens with one attached hydrogen (secondary N) is 1. The summed E-state index contributed by atoms with van der Waals surface area (Å²) in [6.07, 6.45) is -4.81. The standard InChI is InChI=1S/C18H19ClF3N5O3S/c19-12-1-3-13(4-2-12)30-11-26-7-9-27(10-8-26)15(29)6-5-14(28)23-17-25-24-16(31-17)18(20,21)22/h1-4H,5-11H2,(H,23,25,28). The lowest BCUT2D eigenvalue weighted by Crippen LogP contribution is -2.49. The molecule has 0 radical (unpaired) electrons. The van der Waals surface area contributed by atoms with E-state index in [2.05, 4.69) is 20.4 Å². The van der Waals surface area contributed by atoms with Crippen LogP contribution in [-0.2, 0) is 15.8 Å². The summed E-state index contributed by atoms with van der Waals surface area (Å²) in [5.41, 5.74) is 0. The van der Waals surface area contributed by atoms with Crippen LogP contribution < -0.4 is 10.1 Å². The smallest absolute Gasteiger partial charge is 0.445 e. The number of halogens is 4. The molecule has 1 aromatic heterocycles. The van der Waals surface area contributed by atoms with Gasteiger partial charge in [-0.1, -0.05) is 22.9 Å². The number of hydrogen-bond acceptors (Lipinski definition) is 7. The second-order valence-electron chi connectivity index (χ2n) is 6.68. The molecule has 1 aromatic carbocycles. The van der Waals surface area contributed by atoms with E-state index >= 15 is 0 Å². The first-order valence-corrected chi connectivity index (χ1v) is 10.5. The summed E-state index contributed by atoms with van der Waals surface area (Å²) in [6, 6.07) is 7.03. The highest BCUT2D eigenvalue weighted by atomic mass is 35.5. The minimum absolute atomic E-state index is 0.0436. The fourth-order valence-corrected chi connectivity index (χ4v) is 3.52. The predicted octanol–water partition coefficient (Wildman–Crippen LogP) is 3.11. The number of aromatic nitrogens is 2. The fraction of sp³-hybridized carbons (Fsp3) is 0.444. The van der Waals surface area contributed by atoms with Gasteiger partial charge < -0.3 is 15.0 Å². The molecule has 1 saturated heterocycles. The number of amides is 2. The van der Waals surface area contributed by atoms with Crippen LogP contribution in [0.5, 0.6) is 5.75 Å². The van der Waals surface area contributed by atoms with Gasteiger partial charge in [0.2, 0.25) is 22.0 Å². The molecule has 0 bridgehead atoms. The molecular formula is C18H19ClF3N5O3S. The second kappa shape index (κ2) is 10.2. The summed E-state index contributed by atoms with van der Waals surface area (Å²) in [4.78, 5) is 27.9. The zero-order chi connectivity index (χ0) is 22.4. The number of benzene rings is 1. The zero-order valence-electron chi connectivity index (χ0n) is 16.2. The minimum atomic E-state index is -4.61. The Morgan fingerprint density at radius 3 is 2.39 bits per heavy atom. The summed E-state index contributed by atoms with van der Waals surface area (Å²) >= 11 is 6.07. The van der Waals surface area contributed by atoms with E-state index in [1.165, 1.54) is 0 Å². The van der Waals surface area contributed by atoms with E-state index in [9.17, 15) is 22.8 Å². The molecule has 2 aromatic rings. The average Bonchev–Trinajstić information content (AvgIpc) is 3.21. The van der Waals surface area contributed by atoms with Crippen molar-refractivity contribution in [1.29, 1.82) is 0 Å².